The van der Waals surface area contributed by atoms with Gasteiger partial charge in [-0.25, -0.2) is 0 Å². The van der Waals surface area contributed by atoms with E-state index in [1.165, 1.54) is 0 Å². The Morgan fingerprint density at radius 1 is 1.57 bits per heavy atom. The maximum atomic E-state index is 11.4. The van der Waals surface area contributed by atoms with E-state index in [0.717, 1.165) is 19.4 Å². The van der Waals surface area contributed by atoms with Gasteiger partial charge in [0.1, 0.15) is 0 Å². The fraction of sp³-hybridized carbons (Fsp3) is 0.909. The van der Waals surface area contributed by atoms with Crippen LogP contribution in [0.1, 0.15) is 26.7 Å². The molecule has 0 aromatic heterocycles. The number of carbonyl (C=O) groups is 1. The lowest BCUT2D eigenvalue weighted by atomic mass is 9.87. The Bertz CT molecular complexity index is 203. The van der Waals surface area contributed by atoms with Gasteiger partial charge in [0, 0.05) is 19.5 Å². The van der Waals surface area contributed by atoms with E-state index in [9.17, 15) is 4.79 Å². The van der Waals surface area contributed by atoms with Crippen molar-refractivity contribution >= 4 is 5.91 Å². The van der Waals surface area contributed by atoms with Crippen LogP contribution in [0.3, 0.4) is 0 Å². The molecular formula is C11H22N2O. The first-order valence-corrected chi connectivity index (χ1v) is 5.48. The van der Waals surface area contributed by atoms with Crippen molar-refractivity contribution in [1.82, 2.24) is 10.2 Å². The summed E-state index contributed by atoms with van der Waals surface area (Å²) in [6, 6.07) is 0.440. The molecule has 0 radical (unpaired) electrons. The molecule has 1 aliphatic rings. The van der Waals surface area contributed by atoms with Gasteiger partial charge >= 0.3 is 0 Å². The molecule has 0 spiro atoms. The van der Waals surface area contributed by atoms with Crippen molar-refractivity contribution in [1.29, 1.82) is 0 Å². The van der Waals surface area contributed by atoms with Crippen LogP contribution < -0.4 is 5.32 Å². The van der Waals surface area contributed by atoms with E-state index in [1.54, 1.807) is 0 Å². The molecule has 2 atom stereocenters. The Morgan fingerprint density at radius 3 is 2.57 bits per heavy atom. The molecule has 1 aliphatic heterocycles. The lowest BCUT2D eigenvalue weighted by molar-refractivity contribution is -0.128. The molecule has 0 aliphatic carbocycles. The van der Waals surface area contributed by atoms with Gasteiger partial charge in [0.05, 0.1) is 0 Å². The molecule has 3 nitrogen and oxygen atoms in total. The summed E-state index contributed by atoms with van der Waals surface area (Å²) in [5.74, 6) is 1.51. The van der Waals surface area contributed by atoms with Crippen molar-refractivity contribution in [2.45, 2.75) is 32.7 Å². The molecule has 1 fully saturated rings. The van der Waals surface area contributed by atoms with Crippen LogP contribution >= 0.6 is 0 Å². The van der Waals surface area contributed by atoms with Crippen LogP contribution in [0, 0.1) is 11.8 Å². The number of nitrogens with zero attached hydrogens (tertiary/aromatic N) is 1. The molecule has 1 rings (SSSR count). The second-order valence-electron chi connectivity index (χ2n) is 4.58. The van der Waals surface area contributed by atoms with Crippen LogP contribution in [0.2, 0.25) is 0 Å². The third-order valence-corrected chi connectivity index (χ3v) is 3.34. The van der Waals surface area contributed by atoms with E-state index in [1.807, 2.05) is 19.0 Å². The number of hydrogen-bond donors (Lipinski definition) is 1. The molecule has 0 saturated carbocycles. The van der Waals surface area contributed by atoms with E-state index < -0.39 is 0 Å². The van der Waals surface area contributed by atoms with Gasteiger partial charge in [-0.15, -0.1) is 0 Å². The highest BCUT2D eigenvalue weighted by molar-refractivity contribution is 5.78. The van der Waals surface area contributed by atoms with Crippen molar-refractivity contribution in [3.8, 4) is 0 Å². The summed E-state index contributed by atoms with van der Waals surface area (Å²) >= 11 is 0. The standard InChI is InChI=1S/C11H22N2O/c1-8(2)9(7-12-3)10-5-6-11(14)13(10)4/h8-10,12H,5-7H2,1-4H3. The lowest BCUT2D eigenvalue weighted by Gasteiger charge is -2.31. The normalized spacial score (nSPS) is 24.8. The summed E-state index contributed by atoms with van der Waals surface area (Å²) in [7, 11) is 3.91. The molecule has 14 heavy (non-hydrogen) atoms. The number of rotatable bonds is 4. The minimum atomic E-state index is 0.303. The van der Waals surface area contributed by atoms with Crippen LogP contribution in [0.15, 0.2) is 0 Å². The highest BCUT2D eigenvalue weighted by Gasteiger charge is 2.34. The lowest BCUT2D eigenvalue weighted by Crippen LogP contribution is -2.41. The number of nitrogens with one attached hydrogen (secondary N) is 1. The van der Waals surface area contributed by atoms with E-state index in [4.69, 9.17) is 0 Å². The molecular weight excluding hydrogens is 176 g/mol. The first-order valence-electron chi connectivity index (χ1n) is 5.48. The van der Waals surface area contributed by atoms with Crippen LogP contribution in [0.4, 0.5) is 0 Å². The quantitative estimate of drug-likeness (QED) is 0.733. The molecule has 1 amide bonds. The molecule has 0 bridgehead atoms. The smallest absolute Gasteiger partial charge is 0.222 e. The molecule has 1 heterocycles. The minimum absolute atomic E-state index is 0.303. The SMILES string of the molecule is CNCC(C(C)C)C1CCC(=O)N1C. The zero-order valence-electron chi connectivity index (χ0n) is 9.71. The molecule has 0 aromatic carbocycles. The topological polar surface area (TPSA) is 32.3 Å². The summed E-state index contributed by atoms with van der Waals surface area (Å²) < 4.78 is 0. The van der Waals surface area contributed by atoms with E-state index in [2.05, 4.69) is 19.2 Å². The number of carbonyl (C=O) groups excluding carboxylic acids is 1. The Morgan fingerprint density at radius 2 is 2.21 bits per heavy atom. The van der Waals surface area contributed by atoms with E-state index in [0.29, 0.717) is 23.8 Å². The van der Waals surface area contributed by atoms with E-state index in [-0.39, 0.29) is 0 Å². The van der Waals surface area contributed by atoms with Crippen LogP contribution in [-0.4, -0.2) is 37.5 Å². The van der Waals surface area contributed by atoms with Gasteiger partial charge in [-0.05, 0) is 31.8 Å². The van der Waals surface area contributed by atoms with Gasteiger partial charge in [-0.3, -0.25) is 4.79 Å². The van der Waals surface area contributed by atoms with Crippen molar-refractivity contribution in [2.24, 2.45) is 11.8 Å². The third kappa shape index (κ3) is 2.27. The average Bonchev–Trinajstić information content (AvgIpc) is 2.44. The monoisotopic (exact) mass is 198 g/mol. The highest BCUT2D eigenvalue weighted by Crippen LogP contribution is 2.27. The van der Waals surface area contributed by atoms with Crippen LogP contribution in [0.25, 0.3) is 0 Å². The number of likely N-dealkylation sites (tertiary alicyclic amines) is 1. The molecule has 1 N–H and O–H groups in total. The molecule has 0 aromatic rings. The Balaban J connectivity index is 2.64. The van der Waals surface area contributed by atoms with Crippen molar-refractivity contribution in [3.63, 3.8) is 0 Å². The predicted octanol–water partition coefficient (Wildman–Crippen LogP) is 1.10. The van der Waals surface area contributed by atoms with Crippen molar-refractivity contribution in [2.75, 3.05) is 20.6 Å². The average molecular weight is 198 g/mol. The van der Waals surface area contributed by atoms with Crippen LogP contribution in [0.5, 0.6) is 0 Å². The Labute approximate surface area is 86.9 Å². The maximum Gasteiger partial charge on any atom is 0.222 e. The van der Waals surface area contributed by atoms with E-state index >= 15 is 0 Å². The summed E-state index contributed by atoms with van der Waals surface area (Å²) in [4.78, 5) is 13.4. The molecule has 3 heteroatoms. The fourth-order valence-corrected chi connectivity index (χ4v) is 2.38. The first-order chi connectivity index (χ1) is 6.57. The molecule has 2 unspecified atom stereocenters. The second-order valence-corrected chi connectivity index (χ2v) is 4.58. The fourth-order valence-electron chi connectivity index (χ4n) is 2.38. The zero-order chi connectivity index (χ0) is 10.7. The Hall–Kier alpha value is -0.570. The first kappa shape index (κ1) is 11.5. The van der Waals surface area contributed by atoms with Crippen molar-refractivity contribution in [3.05, 3.63) is 0 Å². The summed E-state index contributed by atoms with van der Waals surface area (Å²) in [6.07, 6.45) is 1.76. The van der Waals surface area contributed by atoms with Gasteiger partial charge in [0.15, 0.2) is 0 Å². The Kier molecular flexibility index (Phi) is 3.93. The highest BCUT2D eigenvalue weighted by atomic mass is 16.2. The zero-order valence-corrected chi connectivity index (χ0v) is 9.71. The van der Waals surface area contributed by atoms with Gasteiger partial charge in [-0.1, -0.05) is 13.8 Å². The van der Waals surface area contributed by atoms with Crippen molar-refractivity contribution < 1.29 is 4.79 Å². The molecule has 82 valence electrons. The molecule has 1 saturated heterocycles. The maximum absolute atomic E-state index is 11.4. The van der Waals surface area contributed by atoms with Gasteiger partial charge in [-0.2, -0.15) is 0 Å². The minimum Gasteiger partial charge on any atom is -0.342 e. The van der Waals surface area contributed by atoms with Crippen LogP contribution in [-0.2, 0) is 4.79 Å². The summed E-state index contributed by atoms with van der Waals surface area (Å²) in [5, 5.41) is 3.22. The number of amides is 1. The van der Waals surface area contributed by atoms with Gasteiger partial charge < -0.3 is 10.2 Å². The summed E-state index contributed by atoms with van der Waals surface area (Å²) in [5.41, 5.74) is 0. The second kappa shape index (κ2) is 4.78. The summed E-state index contributed by atoms with van der Waals surface area (Å²) in [6.45, 7) is 5.47. The number of hydrogen-bond acceptors (Lipinski definition) is 2. The predicted molar refractivity (Wildman–Crippen MR) is 58.0 cm³/mol. The van der Waals surface area contributed by atoms with Gasteiger partial charge in [0.2, 0.25) is 5.91 Å². The largest absolute Gasteiger partial charge is 0.342 e. The third-order valence-electron chi connectivity index (χ3n) is 3.34. The van der Waals surface area contributed by atoms with Gasteiger partial charge in [0.25, 0.3) is 0 Å².